The highest BCUT2D eigenvalue weighted by molar-refractivity contribution is 7.78. The minimum absolute atomic E-state index is 0.369. The monoisotopic (exact) mass is 246 g/mol. The van der Waals surface area contributed by atoms with Crippen molar-refractivity contribution in [2.24, 2.45) is 4.99 Å². The molecular formula is C11H10N4OS. The fourth-order valence-electron chi connectivity index (χ4n) is 1.30. The molecule has 0 aliphatic heterocycles. The number of nitrogens with zero attached hydrogens (tertiary/aromatic N) is 4. The van der Waals surface area contributed by atoms with Crippen LogP contribution in [0.3, 0.4) is 0 Å². The topological polar surface area (TPSA) is 52.3 Å². The van der Waals surface area contributed by atoms with Crippen LogP contribution in [0.5, 0.6) is 6.01 Å². The van der Waals surface area contributed by atoms with E-state index in [9.17, 15) is 0 Å². The van der Waals surface area contributed by atoms with E-state index in [-0.39, 0.29) is 0 Å². The SMILES string of the molecule is CCOc1ncn(-c2ccc(N=C=S)cc2)n1. The van der Waals surface area contributed by atoms with E-state index >= 15 is 0 Å². The highest BCUT2D eigenvalue weighted by Crippen LogP contribution is 2.15. The van der Waals surface area contributed by atoms with Crippen LogP contribution in [0.15, 0.2) is 35.6 Å². The van der Waals surface area contributed by atoms with Crippen molar-refractivity contribution in [2.75, 3.05) is 6.61 Å². The van der Waals surface area contributed by atoms with E-state index in [0.29, 0.717) is 12.6 Å². The van der Waals surface area contributed by atoms with Gasteiger partial charge in [-0.25, -0.2) is 4.68 Å². The molecule has 86 valence electrons. The molecule has 0 bridgehead atoms. The van der Waals surface area contributed by atoms with Gasteiger partial charge in [0.1, 0.15) is 6.33 Å². The molecular weight excluding hydrogens is 236 g/mol. The van der Waals surface area contributed by atoms with Crippen LogP contribution in [-0.2, 0) is 0 Å². The number of isothiocyanates is 1. The van der Waals surface area contributed by atoms with Gasteiger partial charge in [-0.2, -0.15) is 9.98 Å². The lowest BCUT2D eigenvalue weighted by Crippen LogP contribution is -1.96. The lowest BCUT2D eigenvalue weighted by molar-refractivity contribution is 0.312. The van der Waals surface area contributed by atoms with E-state index in [2.05, 4.69) is 32.5 Å². The summed E-state index contributed by atoms with van der Waals surface area (Å²) in [7, 11) is 0. The smallest absolute Gasteiger partial charge is 0.335 e. The van der Waals surface area contributed by atoms with Gasteiger partial charge in [-0.15, -0.1) is 5.10 Å². The van der Waals surface area contributed by atoms with Crippen molar-refractivity contribution in [2.45, 2.75) is 6.92 Å². The average Bonchev–Trinajstić information content (AvgIpc) is 2.80. The van der Waals surface area contributed by atoms with Crippen molar-refractivity contribution in [3.05, 3.63) is 30.6 Å². The molecule has 17 heavy (non-hydrogen) atoms. The van der Waals surface area contributed by atoms with Crippen LogP contribution < -0.4 is 4.74 Å². The summed E-state index contributed by atoms with van der Waals surface area (Å²) in [5.41, 5.74) is 1.64. The summed E-state index contributed by atoms with van der Waals surface area (Å²) in [5.74, 6) is 0. The Bertz CT molecular complexity index is 543. The molecule has 0 aliphatic rings. The van der Waals surface area contributed by atoms with Gasteiger partial charge in [-0.1, -0.05) is 0 Å². The van der Waals surface area contributed by atoms with Gasteiger partial charge in [0.15, 0.2) is 0 Å². The van der Waals surface area contributed by atoms with Gasteiger partial charge < -0.3 is 4.74 Å². The molecule has 0 amide bonds. The van der Waals surface area contributed by atoms with Gasteiger partial charge >= 0.3 is 6.01 Å². The Labute approximate surface area is 104 Å². The summed E-state index contributed by atoms with van der Waals surface area (Å²) in [6.45, 7) is 2.44. The quantitative estimate of drug-likeness (QED) is 0.614. The van der Waals surface area contributed by atoms with Crippen LogP contribution in [0.4, 0.5) is 5.69 Å². The summed E-state index contributed by atoms with van der Waals surface area (Å²) >= 11 is 4.53. The molecule has 0 saturated carbocycles. The van der Waals surface area contributed by atoms with Gasteiger partial charge in [0.2, 0.25) is 0 Å². The molecule has 0 spiro atoms. The summed E-state index contributed by atoms with van der Waals surface area (Å²) in [4.78, 5) is 7.89. The third-order valence-electron chi connectivity index (χ3n) is 2.03. The first kappa shape index (κ1) is 11.4. The minimum atomic E-state index is 0.369. The highest BCUT2D eigenvalue weighted by atomic mass is 32.1. The molecule has 0 radical (unpaired) electrons. The molecule has 2 rings (SSSR count). The van der Waals surface area contributed by atoms with Crippen LogP contribution in [0.1, 0.15) is 6.92 Å². The maximum atomic E-state index is 5.18. The summed E-state index contributed by atoms with van der Waals surface area (Å²) in [6, 6.07) is 7.77. The molecule has 0 atom stereocenters. The molecule has 1 aromatic heterocycles. The van der Waals surface area contributed by atoms with Crippen molar-refractivity contribution in [1.29, 1.82) is 0 Å². The van der Waals surface area contributed by atoms with Gasteiger partial charge in [0, 0.05) is 0 Å². The Balaban J connectivity index is 2.23. The number of aromatic nitrogens is 3. The number of hydrogen-bond donors (Lipinski definition) is 0. The summed E-state index contributed by atoms with van der Waals surface area (Å²) in [5, 5.41) is 6.48. The van der Waals surface area contributed by atoms with Gasteiger partial charge in [0.25, 0.3) is 0 Å². The normalized spacial score (nSPS) is 9.71. The predicted molar refractivity (Wildman–Crippen MR) is 67.2 cm³/mol. The first-order valence-corrected chi connectivity index (χ1v) is 5.47. The first-order valence-electron chi connectivity index (χ1n) is 5.06. The summed E-state index contributed by atoms with van der Waals surface area (Å²) in [6.07, 6.45) is 1.60. The number of thiocarbonyl (C=S) groups is 1. The van der Waals surface area contributed by atoms with Crippen LogP contribution in [0, 0.1) is 0 Å². The van der Waals surface area contributed by atoms with Crippen LogP contribution in [0.25, 0.3) is 5.69 Å². The first-order chi connectivity index (χ1) is 8.33. The highest BCUT2D eigenvalue weighted by Gasteiger charge is 2.02. The molecule has 6 heteroatoms. The molecule has 0 saturated heterocycles. The van der Waals surface area contributed by atoms with Crippen LogP contribution in [-0.4, -0.2) is 26.5 Å². The molecule has 1 aromatic carbocycles. The van der Waals surface area contributed by atoms with Gasteiger partial charge in [-0.05, 0) is 43.4 Å². The van der Waals surface area contributed by atoms with Crippen molar-refractivity contribution in [3.8, 4) is 11.7 Å². The maximum Gasteiger partial charge on any atom is 0.335 e. The Morgan fingerprint density at radius 3 is 2.82 bits per heavy atom. The summed E-state index contributed by atoms with van der Waals surface area (Å²) < 4.78 is 6.82. The van der Waals surface area contributed by atoms with Crippen molar-refractivity contribution >= 4 is 23.1 Å². The van der Waals surface area contributed by atoms with Crippen LogP contribution in [0.2, 0.25) is 0 Å². The number of hydrogen-bond acceptors (Lipinski definition) is 5. The number of aliphatic imine (C=N–C) groups is 1. The van der Waals surface area contributed by atoms with E-state index in [1.165, 1.54) is 0 Å². The zero-order valence-corrected chi connectivity index (χ0v) is 10.0. The second kappa shape index (κ2) is 5.34. The second-order valence-corrected chi connectivity index (χ2v) is 3.31. The molecule has 0 fully saturated rings. The van der Waals surface area contributed by atoms with Gasteiger partial charge in [0.05, 0.1) is 23.1 Å². The van der Waals surface area contributed by atoms with Crippen molar-refractivity contribution < 1.29 is 4.74 Å². The van der Waals surface area contributed by atoms with E-state index in [4.69, 9.17) is 4.74 Å². The maximum absolute atomic E-state index is 5.18. The van der Waals surface area contributed by atoms with Gasteiger partial charge in [-0.3, -0.25) is 0 Å². The van der Waals surface area contributed by atoms with Crippen molar-refractivity contribution in [1.82, 2.24) is 14.8 Å². The Kier molecular flexibility index (Phi) is 3.59. The molecule has 0 unspecified atom stereocenters. The number of benzene rings is 1. The Hall–Kier alpha value is -2.04. The van der Waals surface area contributed by atoms with E-state index < -0.39 is 0 Å². The molecule has 2 aromatic rings. The van der Waals surface area contributed by atoms with E-state index in [1.807, 2.05) is 31.2 Å². The molecule has 0 aliphatic carbocycles. The minimum Gasteiger partial charge on any atom is -0.463 e. The largest absolute Gasteiger partial charge is 0.463 e. The zero-order valence-electron chi connectivity index (χ0n) is 9.20. The standard InChI is InChI=1S/C11H10N4OS/c1-2-16-11-12-7-15(14-11)10-5-3-9(4-6-10)13-8-17/h3-7H,2H2,1H3. The van der Waals surface area contributed by atoms with E-state index in [1.54, 1.807) is 11.0 Å². The fraction of sp³-hybridized carbons (Fsp3) is 0.182. The zero-order chi connectivity index (χ0) is 12.1. The van der Waals surface area contributed by atoms with Crippen LogP contribution >= 0.6 is 12.2 Å². The lowest BCUT2D eigenvalue weighted by Gasteiger charge is -1.99. The third-order valence-corrected chi connectivity index (χ3v) is 2.12. The second-order valence-electron chi connectivity index (χ2n) is 3.12. The Morgan fingerprint density at radius 2 is 2.18 bits per heavy atom. The Morgan fingerprint density at radius 1 is 1.41 bits per heavy atom. The fourth-order valence-corrected chi connectivity index (χ4v) is 1.41. The van der Waals surface area contributed by atoms with Crippen molar-refractivity contribution in [3.63, 3.8) is 0 Å². The average molecular weight is 246 g/mol. The molecule has 5 nitrogen and oxygen atoms in total. The predicted octanol–water partition coefficient (Wildman–Crippen LogP) is 2.40. The third kappa shape index (κ3) is 2.75. The van der Waals surface area contributed by atoms with E-state index in [0.717, 1.165) is 11.4 Å². The molecule has 1 heterocycles. The number of ether oxygens (including phenoxy) is 1. The molecule has 0 N–H and O–H groups in total. The number of rotatable bonds is 4. The lowest BCUT2D eigenvalue weighted by atomic mass is 10.3.